The maximum Gasteiger partial charge on any atom is 0.407 e. The SMILES string of the molecule is CNc1cccc(CCc2ccc(C(=O)NC[C@H](NS(=O)(=O)c3c(C)cc(C)cc3C)C(=O)OC(C)(C)C)c(OCCCCCNC(=O)OC(C)(C)C)c2)n1. The Bertz CT molecular complexity index is 1880. The molecule has 0 radical (unpaired) electrons. The number of alkyl carbamates (subject to hydrolysis) is 1. The average Bonchev–Trinajstić information content (AvgIpc) is 3.06. The summed E-state index contributed by atoms with van der Waals surface area (Å²) in [6.07, 6.45) is 2.94. The van der Waals surface area contributed by atoms with Crippen LogP contribution in [-0.2, 0) is 37.1 Å². The number of anilines is 1. The van der Waals surface area contributed by atoms with Gasteiger partial charge in [-0.3, -0.25) is 9.59 Å². The maximum absolute atomic E-state index is 13.8. The van der Waals surface area contributed by atoms with Crippen LogP contribution in [0.2, 0.25) is 0 Å². The highest BCUT2D eigenvalue weighted by Crippen LogP contribution is 2.24. The second-order valence-corrected chi connectivity index (χ2v) is 17.2. The molecule has 1 atom stereocenters. The predicted molar refractivity (Wildman–Crippen MR) is 214 cm³/mol. The fourth-order valence-electron chi connectivity index (χ4n) is 5.82. The van der Waals surface area contributed by atoms with Gasteiger partial charge >= 0.3 is 12.1 Å². The van der Waals surface area contributed by atoms with Gasteiger partial charge in [-0.05, 0) is 135 Å². The quantitative estimate of drug-likeness (QED) is 0.0844. The van der Waals surface area contributed by atoms with Crippen LogP contribution < -0.4 is 25.4 Å². The smallest absolute Gasteiger partial charge is 0.407 e. The van der Waals surface area contributed by atoms with E-state index in [1.54, 1.807) is 73.6 Å². The number of rotatable bonds is 18. The van der Waals surface area contributed by atoms with Crippen LogP contribution in [0.1, 0.15) is 99.1 Å². The van der Waals surface area contributed by atoms with E-state index < -0.39 is 45.2 Å². The van der Waals surface area contributed by atoms with E-state index in [2.05, 4.69) is 25.7 Å². The summed E-state index contributed by atoms with van der Waals surface area (Å²) in [7, 11) is -2.39. The van der Waals surface area contributed by atoms with E-state index in [1.165, 1.54) is 0 Å². The second-order valence-electron chi connectivity index (χ2n) is 15.6. The number of nitrogens with one attached hydrogen (secondary N) is 4. The molecule has 0 aliphatic heterocycles. The van der Waals surface area contributed by atoms with Gasteiger partial charge in [0.25, 0.3) is 5.91 Å². The van der Waals surface area contributed by atoms with E-state index in [-0.39, 0.29) is 17.0 Å². The number of unbranched alkanes of at least 4 members (excludes halogenated alkanes) is 2. The van der Waals surface area contributed by atoms with Crippen LogP contribution in [0.15, 0.2) is 53.4 Å². The van der Waals surface area contributed by atoms with Crippen molar-refractivity contribution in [3.63, 3.8) is 0 Å². The van der Waals surface area contributed by atoms with Gasteiger partial charge in [-0.1, -0.05) is 29.8 Å². The van der Waals surface area contributed by atoms with Crippen LogP contribution in [-0.4, -0.2) is 75.4 Å². The molecule has 0 bridgehead atoms. The third-order valence-corrected chi connectivity index (χ3v) is 9.88. The molecule has 302 valence electrons. The minimum Gasteiger partial charge on any atom is -0.493 e. The van der Waals surface area contributed by atoms with Gasteiger partial charge < -0.3 is 30.2 Å². The molecule has 0 saturated heterocycles. The third kappa shape index (κ3) is 15.2. The molecule has 2 aromatic carbocycles. The molecule has 0 unspecified atom stereocenters. The van der Waals surface area contributed by atoms with Gasteiger partial charge in [-0.2, -0.15) is 4.72 Å². The molecular weight excluding hydrogens is 723 g/mol. The van der Waals surface area contributed by atoms with E-state index in [0.717, 1.165) is 29.1 Å². The standard InChI is InChI=1S/C41H59N5O8S/c1-27-23-28(2)36(29(3)24-27)55(50,51)46-33(38(48)53-40(4,5)6)26-44-37(47)32-20-18-30(17-19-31-15-14-16-35(42-10)45-31)25-34(32)52-22-13-11-12-21-43-39(49)54-41(7,8)9/h14-16,18,20,23-25,33,46H,11-13,17,19,21-22,26H2,1-10H3,(H,42,45)(H,43,49)(H,44,47)/t33-/m0/s1. The van der Waals surface area contributed by atoms with Crippen molar-refractivity contribution >= 4 is 33.8 Å². The number of aryl methyl sites for hydroxylation is 5. The first-order chi connectivity index (χ1) is 25.7. The lowest BCUT2D eigenvalue weighted by Crippen LogP contribution is -2.50. The van der Waals surface area contributed by atoms with Crippen LogP contribution >= 0.6 is 0 Å². The molecule has 1 heterocycles. The number of aromatic nitrogens is 1. The number of carbonyl (C=O) groups is 3. The van der Waals surface area contributed by atoms with E-state index in [1.807, 2.05) is 44.3 Å². The first kappa shape index (κ1) is 44.7. The van der Waals surface area contributed by atoms with Gasteiger partial charge in [0.1, 0.15) is 28.8 Å². The topological polar surface area (TPSA) is 174 Å². The third-order valence-electron chi connectivity index (χ3n) is 8.10. The predicted octanol–water partition coefficient (Wildman–Crippen LogP) is 6.33. The van der Waals surface area contributed by atoms with Gasteiger partial charge in [0, 0.05) is 25.8 Å². The van der Waals surface area contributed by atoms with Crippen LogP contribution in [0.25, 0.3) is 0 Å². The van der Waals surface area contributed by atoms with Gasteiger partial charge in [0.2, 0.25) is 10.0 Å². The summed E-state index contributed by atoms with van der Waals surface area (Å²) in [5.41, 5.74) is 2.54. The number of hydrogen-bond acceptors (Lipinski definition) is 10. The molecular formula is C41H59N5O8S. The summed E-state index contributed by atoms with van der Waals surface area (Å²) < 4.78 is 46.9. The van der Waals surface area contributed by atoms with Crippen molar-refractivity contribution in [1.82, 2.24) is 20.3 Å². The number of esters is 1. The summed E-state index contributed by atoms with van der Waals surface area (Å²) in [6, 6.07) is 13.2. The highest BCUT2D eigenvalue weighted by atomic mass is 32.2. The molecule has 0 saturated carbocycles. The molecule has 0 fully saturated rings. The van der Waals surface area contributed by atoms with Crippen LogP contribution in [0.3, 0.4) is 0 Å². The Morgan fingerprint density at radius 2 is 1.49 bits per heavy atom. The van der Waals surface area contributed by atoms with Crippen molar-refractivity contribution < 1.29 is 37.0 Å². The number of pyridine rings is 1. The van der Waals surface area contributed by atoms with Gasteiger partial charge in [0.05, 0.1) is 17.1 Å². The zero-order valence-corrected chi connectivity index (χ0v) is 34.8. The van der Waals surface area contributed by atoms with Crippen LogP contribution in [0, 0.1) is 20.8 Å². The summed E-state index contributed by atoms with van der Waals surface area (Å²) in [6.45, 7) is 16.1. The monoisotopic (exact) mass is 781 g/mol. The molecule has 0 spiro atoms. The fraction of sp³-hybridized carbons (Fsp3) is 0.512. The van der Waals surface area contributed by atoms with Gasteiger partial charge in [0.15, 0.2) is 0 Å². The Kier molecular flexibility index (Phi) is 16.1. The molecule has 0 aliphatic carbocycles. The number of ether oxygens (including phenoxy) is 3. The fourth-order valence-corrected chi connectivity index (χ4v) is 7.46. The molecule has 3 aromatic rings. The Balaban J connectivity index is 1.78. The first-order valence-electron chi connectivity index (χ1n) is 18.6. The highest BCUT2D eigenvalue weighted by Gasteiger charge is 2.32. The molecule has 14 heteroatoms. The number of carbonyl (C=O) groups excluding carboxylic acids is 3. The normalized spacial score (nSPS) is 12.4. The number of nitrogens with zero attached hydrogens (tertiary/aromatic N) is 1. The van der Waals surface area contributed by atoms with E-state index in [0.29, 0.717) is 55.7 Å². The van der Waals surface area contributed by atoms with E-state index in [9.17, 15) is 22.8 Å². The summed E-state index contributed by atoms with van der Waals surface area (Å²) in [5.74, 6) is -0.269. The molecule has 2 amide bonds. The Labute approximate surface area is 326 Å². The highest BCUT2D eigenvalue weighted by molar-refractivity contribution is 7.89. The zero-order chi connectivity index (χ0) is 41.0. The average molecular weight is 782 g/mol. The minimum atomic E-state index is -4.20. The minimum absolute atomic E-state index is 0.0674. The molecule has 4 N–H and O–H groups in total. The molecule has 55 heavy (non-hydrogen) atoms. The lowest BCUT2D eigenvalue weighted by Gasteiger charge is -2.25. The second kappa shape index (κ2) is 19.8. The van der Waals surface area contributed by atoms with E-state index in [4.69, 9.17) is 14.2 Å². The molecule has 3 rings (SSSR count). The molecule has 13 nitrogen and oxygen atoms in total. The van der Waals surface area contributed by atoms with Crippen molar-refractivity contribution in [1.29, 1.82) is 0 Å². The number of sulfonamides is 1. The van der Waals surface area contributed by atoms with Gasteiger partial charge in [-0.15, -0.1) is 0 Å². The number of benzene rings is 2. The van der Waals surface area contributed by atoms with Crippen molar-refractivity contribution in [3.8, 4) is 5.75 Å². The molecule has 0 aliphatic rings. The molecule has 1 aromatic heterocycles. The van der Waals surface area contributed by atoms with Crippen LogP contribution in [0.4, 0.5) is 10.6 Å². The van der Waals surface area contributed by atoms with E-state index >= 15 is 0 Å². The largest absolute Gasteiger partial charge is 0.493 e. The lowest BCUT2D eigenvalue weighted by molar-refractivity contribution is -0.156. The summed E-state index contributed by atoms with van der Waals surface area (Å²) >= 11 is 0. The van der Waals surface area contributed by atoms with Crippen LogP contribution in [0.5, 0.6) is 5.75 Å². The maximum atomic E-state index is 13.8. The zero-order valence-electron chi connectivity index (χ0n) is 34.0. The summed E-state index contributed by atoms with van der Waals surface area (Å²) in [5, 5.41) is 8.53. The number of hydrogen-bond donors (Lipinski definition) is 4. The van der Waals surface area contributed by atoms with Crippen molar-refractivity contribution in [2.75, 3.05) is 32.1 Å². The Morgan fingerprint density at radius 3 is 2.13 bits per heavy atom. The lowest BCUT2D eigenvalue weighted by atomic mass is 10.0. The Hall–Kier alpha value is -4.69. The van der Waals surface area contributed by atoms with Crippen molar-refractivity contribution in [2.45, 2.75) is 117 Å². The van der Waals surface area contributed by atoms with Crippen molar-refractivity contribution in [3.05, 3.63) is 82.0 Å². The number of amides is 2. The van der Waals surface area contributed by atoms with Crippen molar-refractivity contribution in [2.24, 2.45) is 0 Å². The summed E-state index contributed by atoms with van der Waals surface area (Å²) in [4.78, 5) is 43.7. The first-order valence-corrected chi connectivity index (χ1v) is 20.1. The van der Waals surface area contributed by atoms with Gasteiger partial charge in [-0.25, -0.2) is 18.2 Å². The Morgan fingerprint density at radius 1 is 0.818 bits per heavy atom.